The van der Waals surface area contributed by atoms with E-state index in [0.717, 1.165) is 5.56 Å². The highest BCUT2D eigenvalue weighted by Crippen LogP contribution is 2.44. The maximum Gasteiger partial charge on any atom is 0.318 e. The second kappa shape index (κ2) is 4.80. The molecule has 0 unspecified atom stereocenters. The van der Waals surface area contributed by atoms with Crippen LogP contribution in [0, 0.1) is 5.92 Å². The summed E-state index contributed by atoms with van der Waals surface area (Å²) in [5.41, 5.74) is -0.370. The molecule has 2 aliphatic heterocycles. The lowest BCUT2D eigenvalue weighted by Crippen LogP contribution is -2.70. The Hall–Kier alpha value is -2.50. The van der Waals surface area contributed by atoms with Crippen molar-refractivity contribution in [3.63, 3.8) is 0 Å². The van der Waals surface area contributed by atoms with Crippen LogP contribution in [-0.4, -0.2) is 24.3 Å². The summed E-state index contributed by atoms with van der Waals surface area (Å²) in [6.45, 7) is 5.32. The first-order chi connectivity index (χ1) is 10.0. The third-order valence-electron chi connectivity index (χ3n) is 3.75. The molecule has 0 radical (unpaired) electrons. The van der Waals surface area contributed by atoms with E-state index in [-0.39, 0.29) is 12.6 Å². The van der Waals surface area contributed by atoms with Gasteiger partial charge in [0.1, 0.15) is 18.3 Å². The van der Waals surface area contributed by atoms with Gasteiger partial charge in [0.05, 0.1) is 6.04 Å². The maximum absolute atomic E-state index is 12.4. The molecule has 2 heterocycles. The van der Waals surface area contributed by atoms with Crippen LogP contribution in [0.25, 0.3) is 0 Å². The third kappa shape index (κ3) is 2.12. The van der Waals surface area contributed by atoms with Crippen LogP contribution < -0.4 is 15.4 Å². The van der Waals surface area contributed by atoms with Crippen LogP contribution in [0.15, 0.2) is 36.9 Å². The smallest absolute Gasteiger partial charge is 0.318 e. The van der Waals surface area contributed by atoms with Gasteiger partial charge in [-0.15, -0.1) is 0 Å². The molecule has 1 fully saturated rings. The number of esters is 1. The van der Waals surface area contributed by atoms with Gasteiger partial charge in [-0.25, -0.2) is 4.79 Å². The summed E-state index contributed by atoms with van der Waals surface area (Å²) >= 11 is 0. The summed E-state index contributed by atoms with van der Waals surface area (Å²) in [5.74, 6) is -0.472. The number of hydrogen-bond acceptors (Lipinski definition) is 4. The van der Waals surface area contributed by atoms with Gasteiger partial charge in [-0.2, -0.15) is 0 Å². The quantitative estimate of drug-likeness (QED) is 0.652. The molecule has 2 aliphatic rings. The second-order valence-corrected chi connectivity index (χ2v) is 5.22. The number of fused-ring (bicyclic) bond motifs is 4. The number of rotatable bonds is 3. The van der Waals surface area contributed by atoms with Crippen LogP contribution in [-0.2, 0) is 9.53 Å². The van der Waals surface area contributed by atoms with E-state index in [1.807, 2.05) is 24.3 Å². The van der Waals surface area contributed by atoms with Gasteiger partial charge in [-0.3, -0.25) is 10.1 Å². The number of carbonyl (C=O) groups excluding carboxylic acids is 2. The number of urea groups is 1. The van der Waals surface area contributed by atoms with E-state index in [0.29, 0.717) is 5.75 Å². The van der Waals surface area contributed by atoms with E-state index in [2.05, 4.69) is 17.2 Å². The van der Waals surface area contributed by atoms with Crippen LogP contribution in [0.2, 0.25) is 0 Å². The van der Waals surface area contributed by atoms with Crippen molar-refractivity contribution < 1.29 is 19.1 Å². The number of hydrogen-bond donors (Lipinski definition) is 2. The van der Waals surface area contributed by atoms with Crippen molar-refractivity contribution in [1.82, 2.24) is 10.6 Å². The minimum Gasteiger partial charge on any atom is -0.467 e. The zero-order chi connectivity index (χ0) is 15.0. The average molecular weight is 288 g/mol. The molecule has 2 amide bonds. The Balaban J connectivity index is 2.03. The molecule has 0 aliphatic carbocycles. The number of carbonyl (C=O) groups is 2. The predicted octanol–water partition coefficient (Wildman–Crippen LogP) is 1.49. The van der Waals surface area contributed by atoms with E-state index in [9.17, 15) is 9.59 Å². The average Bonchev–Trinajstić information content (AvgIpc) is 2.43. The molecule has 3 atom stereocenters. The first-order valence-corrected chi connectivity index (χ1v) is 6.69. The first kappa shape index (κ1) is 13.5. The molecular weight excluding hydrogens is 272 g/mol. The van der Waals surface area contributed by atoms with Crippen molar-refractivity contribution in [1.29, 1.82) is 0 Å². The van der Waals surface area contributed by atoms with E-state index < -0.39 is 23.7 Å². The highest BCUT2D eigenvalue weighted by molar-refractivity contribution is 5.84. The van der Waals surface area contributed by atoms with Crippen LogP contribution in [0.1, 0.15) is 18.5 Å². The number of benzene rings is 1. The van der Waals surface area contributed by atoms with Gasteiger partial charge in [0, 0.05) is 5.56 Å². The predicted molar refractivity (Wildman–Crippen MR) is 74.5 cm³/mol. The van der Waals surface area contributed by atoms with Crippen LogP contribution in [0.4, 0.5) is 4.79 Å². The van der Waals surface area contributed by atoms with E-state index >= 15 is 0 Å². The first-order valence-electron chi connectivity index (χ1n) is 6.69. The fourth-order valence-electron chi connectivity index (χ4n) is 2.88. The number of ether oxygens (including phenoxy) is 2. The lowest BCUT2D eigenvalue weighted by molar-refractivity contribution is -0.162. The Kier molecular flexibility index (Phi) is 3.08. The van der Waals surface area contributed by atoms with E-state index in [1.165, 1.54) is 6.08 Å². The number of para-hydroxylation sites is 1. The fraction of sp³-hybridized carbons (Fsp3) is 0.333. The molecule has 1 aromatic carbocycles. The van der Waals surface area contributed by atoms with Gasteiger partial charge in [0.2, 0.25) is 0 Å². The summed E-state index contributed by atoms with van der Waals surface area (Å²) in [6.07, 6.45) is 1.50. The van der Waals surface area contributed by atoms with E-state index in [1.54, 1.807) is 6.92 Å². The van der Waals surface area contributed by atoms with E-state index in [4.69, 9.17) is 9.47 Å². The molecule has 6 nitrogen and oxygen atoms in total. The molecule has 0 spiro atoms. The molecule has 21 heavy (non-hydrogen) atoms. The zero-order valence-corrected chi connectivity index (χ0v) is 11.6. The lowest BCUT2D eigenvalue weighted by Gasteiger charge is -2.48. The van der Waals surface area contributed by atoms with Gasteiger partial charge in [-0.05, 0) is 13.0 Å². The minimum absolute atomic E-state index is 0.119. The Morgan fingerprint density at radius 1 is 1.52 bits per heavy atom. The third-order valence-corrected chi connectivity index (χ3v) is 3.75. The largest absolute Gasteiger partial charge is 0.467 e. The minimum atomic E-state index is -1.14. The summed E-state index contributed by atoms with van der Waals surface area (Å²) in [7, 11) is 0. The normalized spacial score (nSPS) is 29.3. The maximum atomic E-state index is 12.4. The SMILES string of the molecule is C=CCOC(=O)[C@@H]1[C@@H]2NC(=O)N[C@@]1(C)Oc1ccccc12. The van der Waals surface area contributed by atoms with Gasteiger partial charge in [-0.1, -0.05) is 30.9 Å². The number of nitrogens with one attached hydrogen (secondary N) is 2. The highest BCUT2D eigenvalue weighted by Gasteiger charge is 2.56. The molecule has 2 bridgehead atoms. The molecule has 2 N–H and O–H groups in total. The summed E-state index contributed by atoms with van der Waals surface area (Å²) in [6, 6.07) is 6.47. The second-order valence-electron chi connectivity index (χ2n) is 5.22. The van der Waals surface area contributed by atoms with Crippen LogP contribution >= 0.6 is 0 Å². The van der Waals surface area contributed by atoms with Crippen molar-refractivity contribution in [2.24, 2.45) is 5.92 Å². The van der Waals surface area contributed by atoms with Crippen LogP contribution in [0.5, 0.6) is 5.75 Å². The molecule has 0 saturated carbocycles. The number of amides is 2. The summed E-state index contributed by atoms with van der Waals surface area (Å²) in [5, 5.41) is 5.45. The monoisotopic (exact) mass is 288 g/mol. The van der Waals surface area contributed by atoms with Gasteiger partial charge >= 0.3 is 12.0 Å². The Bertz CT molecular complexity index is 615. The van der Waals surface area contributed by atoms with Crippen molar-refractivity contribution >= 4 is 12.0 Å². The van der Waals surface area contributed by atoms with Gasteiger partial charge in [0.25, 0.3) is 0 Å². The highest BCUT2D eigenvalue weighted by atomic mass is 16.5. The molecule has 1 saturated heterocycles. The molecule has 1 aromatic rings. The Morgan fingerprint density at radius 2 is 2.29 bits per heavy atom. The molecule has 110 valence electrons. The topological polar surface area (TPSA) is 76.7 Å². The molecule has 0 aromatic heterocycles. The summed E-state index contributed by atoms with van der Waals surface area (Å²) in [4.78, 5) is 24.2. The van der Waals surface area contributed by atoms with Crippen molar-refractivity contribution in [3.8, 4) is 5.75 Å². The van der Waals surface area contributed by atoms with Gasteiger partial charge in [0.15, 0.2) is 5.72 Å². The lowest BCUT2D eigenvalue weighted by atomic mass is 9.80. The Labute approximate surface area is 122 Å². The van der Waals surface area contributed by atoms with Crippen molar-refractivity contribution in [2.45, 2.75) is 18.7 Å². The molecule has 3 rings (SSSR count). The standard InChI is InChI=1S/C15H16N2O4/c1-3-8-20-13(18)11-12-9-6-4-5-7-10(9)21-15(11,2)17-14(19)16-12/h3-7,11-12H,1,8H2,2H3,(H2,16,17,19)/t11-,12+,15-/m0/s1. The summed E-state index contributed by atoms with van der Waals surface area (Å²) < 4.78 is 11.0. The van der Waals surface area contributed by atoms with Gasteiger partial charge < -0.3 is 14.8 Å². The van der Waals surface area contributed by atoms with Crippen molar-refractivity contribution in [2.75, 3.05) is 6.61 Å². The zero-order valence-electron chi connectivity index (χ0n) is 11.6. The van der Waals surface area contributed by atoms with Crippen molar-refractivity contribution in [3.05, 3.63) is 42.5 Å². The van der Waals surface area contributed by atoms with Crippen LogP contribution in [0.3, 0.4) is 0 Å². The fourth-order valence-corrected chi connectivity index (χ4v) is 2.88. The molecule has 6 heteroatoms. The molecular formula is C15H16N2O4. The Morgan fingerprint density at radius 3 is 3.05 bits per heavy atom.